The number of Topliss-reactive ketones (excluding diaryl/α,β-unsaturated/α-hetero) is 1. The fourth-order valence-electron chi connectivity index (χ4n) is 2.09. The van der Waals surface area contributed by atoms with Crippen LogP contribution in [0.5, 0.6) is 0 Å². The predicted molar refractivity (Wildman–Crippen MR) is 63.9 cm³/mol. The Hall–Kier alpha value is -1.11. The SMILES string of the molecule is CC[C@H](c1ccccc1)C(C)(C)C(C)=O. The van der Waals surface area contributed by atoms with Crippen molar-refractivity contribution >= 4 is 5.78 Å². The fourth-order valence-corrected chi connectivity index (χ4v) is 2.09. The van der Waals surface area contributed by atoms with Crippen molar-refractivity contribution in [1.29, 1.82) is 0 Å². The molecular formula is C14H20O. The first-order chi connectivity index (χ1) is 7.00. The van der Waals surface area contributed by atoms with Gasteiger partial charge in [-0.25, -0.2) is 0 Å². The molecule has 0 saturated heterocycles. The number of ketones is 1. The average Bonchev–Trinajstić information content (AvgIpc) is 2.19. The molecule has 0 saturated carbocycles. The molecule has 1 atom stereocenters. The number of carbonyl (C=O) groups is 1. The number of carbonyl (C=O) groups excluding carboxylic acids is 1. The van der Waals surface area contributed by atoms with Crippen LogP contribution in [-0.4, -0.2) is 5.78 Å². The number of hydrogen-bond acceptors (Lipinski definition) is 1. The molecule has 1 rings (SSSR count). The predicted octanol–water partition coefficient (Wildman–Crippen LogP) is 3.80. The molecule has 1 nitrogen and oxygen atoms in total. The summed E-state index contributed by atoms with van der Waals surface area (Å²) in [4.78, 5) is 11.6. The van der Waals surface area contributed by atoms with Gasteiger partial charge in [0.2, 0.25) is 0 Å². The molecule has 0 unspecified atom stereocenters. The zero-order chi connectivity index (χ0) is 11.5. The Balaban J connectivity index is 3.05. The summed E-state index contributed by atoms with van der Waals surface area (Å²) in [6.07, 6.45) is 0.997. The molecule has 0 spiro atoms. The Bertz CT molecular complexity index is 324. The molecule has 1 aromatic carbocycles. The molecular weight excluding hydrogens is 184 g/mol. The molecule has 1 heteroatoms. The van der Waals surface area contributed by atoms with Crippen molar-refractivity contribution in [3.05, 3.63) is 35.9 Å². The Labute approximate surface area is 92.5 Å². The van der Waals surface area contributed by atoms with Crippen LogP contribution in [0.1, 0.15) is 45.6 Å². The normalized spacial score (nSPS) is 13.6. The summed E-state index contributed by atoms with van der Waals surface area (Å²) in [5.41, 5.74) is 0.996. The molecule has 0 aliphatic carbocycles. The van der Waals surface area contributed by atoms with Crippen LogP contribution in [0.15, 0.2) is 30.3 Å². The second-order valence-electron chi connectivity index (χ2n) is 4.65. The molecule has 0 N–H and O–H groups in total. The second-order valence-corrected chi connectivity index (χ2v) is 4.65. The summed E-state index contributed by atoms with van der Waals surface area (Å²) in [5, 5.41) is 0. The topological polar surface area (TPSA) is 17.1 Å². The van der Waals surface area contributed by atoms with Crippen LogP contribution in [-0.2, 0) is 4.79 Å². The van der Waals surface area contributed by atoms with Crippen LogP contribution < -0.4 is 0 Å². The minimum absolute atomic E-state index is 0.262. The van der Waals surface area contributed by atoms with E-state index in [9.17, 15) is 4.79 Å². The third kappa shape index (κ3) is 2.47. The number of rotatable bonds is 4. The van der Waals surface area contributed by atoms with E-state index in [-0.39, 0.29) is 11.2 Å². The minimum atomic E-state index is -0.268. The van der Waals surface area contributed by atoms with Crippen LogP contribution in [0, 0.1) is 5.41 Å². The van der Waals surface area contributed by atoms with Gasteiger partial charge in [-0.05, 0) is 24.8 Å². The Morgan fingerprint density at radius 1 is 1.27 bits per heavy atom. The fraction of sp³-hybridized carbons (Fsp3) is 0.500. The van der Waals surface area contributed by atoms with E-state index in [4.69, 9.17) is 0 Å². The van der Waals surface area contributed by atoms with Crippen LogP contribution in [0.4, 0.5) is 0 Å². The Morgan fingerprint density at radius 2 is 1.80 bits per heavy atom. The van der Waals surface area contributed by atoms with Gasteiger partial charge in [-0.15, -0.1) is 0 Å². The minimum Gasteiger partial charge on any atom is -0.299 e. The molecule has 0 radical (unpaired) electrons. The maximum absolute atomic E-state index is 11.6. The lowest BCUT2D eigenvalue weighted by Crippen LogP contribution is -2.29. The van der Waals surface area contributed by atoms with Crippen molar-refractivity contribution in [2.24, 2.45) is 5.41 Å². The summed E-state index contributed by atoms with van der Waals surface area (Å²) in [5.74, 6) is 0.578. The van der Waals surface area contributed by atoms with E-state index in [1.165, 1.54) is 5.56 Å². The van der Waals surface area contributed by atoms with Crippen LogP contribution >= 0.6 is 0 Å². The van der Waals surface area contributed by atoms with Gasteiger partial charge in [-0.2, -0.15) is 0 Å². The maximum Gasteiger partial charge on any atom is 0.136 e. The molecule has 1 aromatic rings. The maximum atomic E-state index is 11.6. The third-order valence-corrected chi connectivity index (χ3v) is 3.39. The van der Waals surface area contributed by atoms with E-state index in [1.54, 1.807) is 6.92 Å². The molecule has 0 heterocycles. The van der Waals surface area contributed by atoms with Gasteiger partial charge < -0.3 is 0 Å². The molecule has 0 amide bonds. The highest BCUT2D eigenvalue weighted by Crippen LogP contribution is 2.38. The van der Waals surface area contributed by atoms with E-state index >= 15 is 0 Å². The van der Waals surface area contributed by atoms with Crippen LogP contribution in [0.2, 0.25) is 0 Å². The van der Waals surface area contributed by atoms with Crippen molar-refractivity contribution in [1.82, 2.24) is 0 Å². The molecule has 15 heavy (non-hydrogen) atoms. The Kier molecular flexibility index (Phi) is 3.67. The number of benzene rings is 1. The molecule has 0 aliphatic heterocycles. The van der Waals surface area contributed by atoms with Crippen molar-refractivity contribution in [2.75, 3.05) is 0 Å². The van der Waals surface area contributed by atoms with Crippen molar-refractivity contribution in [3.8, 4) is 0 Å². The molecule has 82 valence electrons. The van der Waals surface area contributed by atoms with Gasteiger partial charge in [0.15, 0.2) is 0 Å². The van der Waals surface area contributed by atoms with Gasteiger partial charge in [-0.3, -0.25) is 4.79 Å². The lowest BCUT2D eigenvalue weighted by Gasteiger charge is -2.31. The zero-order valence-corrected chi connectivity index (χ0v) is 10.1. The van der Waals surface area contributed by atoms with Gasteiger partial charge in [0.05, 0.1) is 0 Å². The largest absolute Gasteiger partial charge is 0.299 e. The van der Waals surface area contributed by atoms with E-state index < -0.39 is 0 Å². The number of hydrogen-bond donors (Lipinski definition) is 0. The standard InChI is InChI=1S/C14H20O/c1-5-13(14(3,4)11(2)15)12-9-7-6-8-10-12/h6-10,13H,5H2,1-4H3/t13-/m1/s1. The van der Waals surface area contributed by atoms with Gasteiger partial charge in [-0.1, -0.05) is 51.1 Å². The summed E-state index contributed by atoms with van der Waals surface area (Å²) in [7, 11) is 0. The van der Waals surface area contributed by atoms with Crippen LogP contribution in [0.3, 0.4) is 0 Å². The zero-order valence-electron chi connectivity index (χ0n) is 10.1. The molecule has 0 fully saturated rings. The molecule has 0 aliphatic rings. The molecule has 0 aromatic heterocycles. The monoisotopic (exact) mass is 204 g/mol. The summed E-state index contributed by atoms with van der Waals surface area (Å²) in [6, 6.07) is 10.3. The van der Waals surface area contributed by atoms with E-state index in [1.807, 2.05) is 32.0 Å². The highest BCUT2D eigenvalue weighted by Gasteiger charge is 2.33. The van der Waals surface area contributed by atoms with Crippen LogP contribution in [0.25, 0.3) is 0 Å². The first-order valence-corrected chi connectivity index (χ1v) is 5.56. The quantitative estimate of drug-likeness (QED) is 0.729. The second kappa shape index (κ2) is 4.61. The third-order valence-electron chi connectivity index (χ3n) is 3.39. The lowest BCUT2D eigenvalue weighted by atomic mass is 9.71. The molecule has 0 bridgehead atoms. The van der Waals surface area contributed by atoms with Gasteiger partial charge in [0.1, 0.15) is 5.78 Å². The van der Waals surface area contributed by atoms with Gasteiger partial charge >= 0.3 is 0 Å². The van der Waals surface area contributed by atoms with E-state index in [0.717, 1.165) is 6.42 Å². The van der Waals surface area contributed by atoms with Crippen molar-refractivity contribution in [3.63, 3.8) is 0 Å². The van der Waals surface area contributed by atoms with E-state index in [0.29, 0.717) is 5.92 Å². The lowest BCUT2D eigenvalue weighted by molar-refractivity contribution is -0.126. The summed E-state index contributed by atoms with van der Waals surface area (Å²) >= 11 is 0. The summed E-state index contributed by atoms with van der Waals surface area (Å²) in [6.45, 7) is 7.90. The van der Waals surface area contributed by atoms with Gasteiger partial charge in [0.25, 0.3) is 0 Å². The van der Waals surface area contributed by atoms with E-state index in [2.05, 4.69) is 19.1 Å². The average molecular weight is 204 g/mol. The van der Waals surface area contributed by atoms with Crippen molar-refractivity contribution in [2.45, 2.75) is 40.0 Å². The highest BCUT2D eigenvalue weighted by atomic mass is 16.1. The first kappa shape index (κ1) is 12.0. The van der Waals surface area contributed by atoms with Gasteiger partial charge in [0, 0.05) is 5.41 Å². The smallest absolute Gasteiger partial charge is 0.136 e. The first-order valence-electron chi connectivity index (χ1n) is 5.56. The Morgan fingerprint density at radius 3 is 2.20 bits per heavy atom. The van der Waals surface area contributed by atoms with Crippen molar-refractivity contribution < 1.29 is 4.79 Å². The summed E-state index contributed by atoms with van der Waals surface area (Å²) < 4.78 is 0. The highest BCUT2D eigenvalue weighted by molar-refractivity contribution is 5.82.